The Bertz CT molecular complexity index is 1340. The summed E-state index contributed by atoms with van der Waals surface area (Å²) in [6.45, 7) is 2.32. The maximum absolute atomic E-state index is 13.8. The summed E-state index contributed by atoms with van der Waals surface area (Å²) in [5.74, 6) is 0.450. The van der Waals surface area contributed by atoms with Gasteiger partial charge in [-0.3, -0.25) is 14.4 Å². The molecule has 6 rings (SSSR count). The van der Waals surface area contributed by atoms with Gasteiger partial charge in [-0.15, -0.1) is 0 Å². The van der Waals surface area contributed by atoms with Crippen LogP contribution in [-0.4, -0.2) is 71.9 Å². The van der Waals surface area contributed by atoms with Gasteiger partial charge in [0.05, 0.1) is 23.1 Å². The van der Waals surface area contributed by atoms with Gasteiger partial charge in [0, 0.05) is 50.8 Å². The molecule has 1 saturated heterocycles. The van der Waals surface area contributed by atoms with Gasteiger partial charge in [0.1, 0.15) is 12.4 Å². The monoisotopic (exact) mass is 516 g/mol. The molecule has 3 aromatic rings. The van der Waals surface area contributed by atoms with Crippen molar-refractivity contribution in [1.82, 2.24) is 19.7 Å². The number of hydrogen-bond donors (Lipinski definition) is 1. The molecule has 200 valence electrons. The standard InChI is InChI=1S/C30H36N4O4/c1-31-29(37)30-13-7-8-16-33(28(36)24-21-32(2)25-11-5-3-9-22(24)25)19-20-38-26-12-6-4-10-23(26)27(35)34(17-14-30)18-15-30/h3-6,9-12,21H,7-8,13-20H2,1-2H3,(H,31,37). The first-order valence-corrected chi connectivity index (χ1v) is 13.5. The number of para-hydroxylation sites is 2. The molecule has 0 radical (unpaired) electrons. The highest BCUT2D eigenvalue weighted by atomic mass is 16.5. The van der Waals surface area contributed by atoms with Gasteiger partial charge in [-0.1, -0.05) is 36.8 Å². The van der Waals surface area contributed by atoms with E-state index >= 15 is 0 Å². The molecule has 0 unspecified atom stereocenters. The third kappa shape index (κ3) is 4.87. The molecule has 0 aliphatic carbocycles. The molecule has 8 nitrogen and oxygen atoms in total. The second-order valence-corrected chi connectivity index (χ2v) is 10.4. The average molecular weight is 517 g/mol. The molecular formula is C30H36N4O4. The van der Waals surface area contributed by atoms with E-state index in [-0.39, 0.29) is 24.3 Å². The summed E-state index contributed by atoms with van der Waals surface area (Å²) in [6, 6.07) is 15.2. The average Bonchev–Trinajstić information content (AvgIpc) is 3.29. The number of aromatic nitrogens is 1. The largest absolute Gasteiger partial charge is 0.491 e. The zero-order valence-electron chi connectivity index (χ0n) is 22.2. The Balaban J connectivity index is 1.44. The van der Waals surface area contributed by atoms with E-state index < -0.39 is 5.41 Å². The predicted octanol–water partition coefficient (Wildman–Crippen LogP) is 3.85. The number of nitrogens with one attached hydrogen (secondary N) is 1. The number of hydrogen-bond acceptors (Lipinski definition) is 4. The zero-order valence-corrected chi connectivity index (χ0v) is 22.2. The molecule has 8 heteroatoms. The summed E-state index contributed by atoms with van der Waals surface area (Å²) < 4.78 is 8.09. The van der Waals surface area contributed by atoms with Crippen LogP contribution in [0, 0.1) is 5.41 Å². The van der Waals surface area contributed by atoms with Gasteiger partial charge in [0.2, 0.25) is 5.91 Å². The van der Waals surface area contributed by atoms with Crippen LogP contribution in [0.5, 0.6) is 5.75 Å². The summed E-state index contributed by atoms with van der Waals surface area (Å²) >= 11 is 0. The Morgan fingerprint density at radius 2 is 1.66 bits per heavy atom. The van der Waals surface area contributed by atoms with Crippen molar-refractivity contribution in [2.75, 3.05) is 39.8 Å². The number of piperidine rings is 1. The molecule has 3 aliphatic heterocycles. The number of carbonyl (C=O) groups excluding carboxylic acids is 3. The van der Waals surface area contributed by atoms with Crippen molar-refractivity contribution in [2.24, 2.45) is 12.5 Å². The lowest BCUT2D eigenvalue weighted by molar-refractivity contribution is -0.133. The molecule has 1 fully saturated rings. The molecule has 0 saturated carbocycles. The van der Waals surface area contributed by atoms with Crippen LogP contribution in [0.3, 0.4) is 0 Å². The lowest BCUT2D eigenvalue weighted by atomic mass is 9.73. The lowest BCUT2D eigenvalue weighted by Crippen LogP contribution is -2.49. The second-order valence-electron chi connectivity index (χ2n) is 10.4. The fraction of sp³-hybridized carbons (Fsp3) is 0.433. The molecule has 4 heterocycles. The molecule has 1 N–H and O–H groups in total. The Morgan fingerprint density at radius 1 is 0.921 bits per heavy atom. The van der Waals surface area contributed by atoms with Crippen molar-refractivity contribution in [3.63, 3.8) is 0 Å². The number of rotatable bonds is 2. The summed E-state index contributed by atoms with van der Waals surface area (Å²) in [4.78, 5) is 43.9. The van der Waals surface area contributed by atoms with Crippen molar-refractivity contribution in [3.8, 4) is 5.75 Å². The summed E-state index contributed by atoms with van der Waals surface area (Å²) in [5.41, 5.74) is 1.70. The Labute approximate surface area is 223 Å². The van der Waals surface area contributed by atoms with Crippen molar-refractivity contribution in [1.29, 1.82) is 0 Å². The minimum atomic E-state index is -0.494. The third-order valence-electron chi connectivity index (χ3n) is 8.20. The quantitative estimate of drug-likeness (QED) is 0.561. The van der Waals surface area contributed by atoms with Crippen LogP contribution < -0.4 is 10.1 Å². The van der Waals surface area contributed by atoms with E-state index in [2.05, 4.69) is 5.32 Å². The first-order valence-electron chi connectivity index (χ1n) is 13.5. The van der Waals surface area contributed by atoms with Crippen molar-refractivity contribution in [2.45, 2.75) is 32.1 Å². The fourth-order valence-electron chi connectivity index (χ4n) is 5.96. The van der Waals surface area contributed by atoms with E-state index in [9.17, 15) is 14.4 Å². The third-order valence-corrected chi connectivity index (χ3v) is 8.20. The van der Waals surface area contributed by atoms with Gasteiger partial charge in [0.15, 0.2) is 0 Å². The molecule has 0 atom stereocenters. The summed E-state index contributed by atoms with van der Waals surface area (Å²) in [6.07, 6.45) is 5.49. The van der Waals surface area contributed by atoms with Gasteiger partial charge >= 0.3 is 0 Å². The fourth-order valence-corrected chi connectivity index (χ4v) is 5.96. The summed E-state index contributed by atoms with van der Waals surface area (Å²) in [5, 5.41) is 3.79. The van der Waals surface area contributed by atoms with Crippen molar-refractivity contribution in [3.05, 3.63) is 65.9 Å². The van der Waals surface area contributed by atoms with E-state index in [1.54, 1.807) is 19.2 Å². The Morgan fingerprint density at radius 3 is 2.45 bits per heavy atom. The first-order chi connectivity index (χ1) is 18.4. The molecule has 38 heavy (non-hydrogen) atoms. The first kappa shape index (κ1) is 25.8. The molecular weight excluding hydrogens is 480 g/mol. The zero-order chi connectivity index (χ0) is 26.7. The van der Waals surface area contributed by atoms with Crippen molar-refractivity contribution >= 4 is 28.6 Å². The maximum Gasteiger partial charge on any atom is 0.257 e. The topological polar surface area (TPSA) is 83.9 Å². The summed E-state index contributed by atoms with van der Waals surface area (Å²) in [7, 11) is 3.63. The van der Waals surface area contributed by atoms with Gasteiger partial charge < -0.3 is 24.4 Å². The highest BCUT2D eigenvalue weighted by Crippen LogP contribution is 2.38. The maximum atomic E-state index is 13.8. The number of benzene rings is 2. The normalized spacial score (nSPS) is 18.3. The number of carbonyl (C=O) groups is 3. The van der Waals surface area contributed by atoms with Gasteiger partial charge in [-0.25, -0.2) is 0 Å². The van der Waals surface area contributed by atoms with Crippen LogP contribution in [0.15, 0.2) is 54.7 Å². The molecule has 3 aliphatic rings. The predicted molar refractivity (Wildman–Crippen MR) is 146 cm³/mol. The van der Waals surface area contributed by atoms with Crippen molar-refractivity contribution < 1.29 is 19.1 Å². The van der Waals surface area contributed by atoms with Crippen LogP contribution in [0.2, 0.25) is 0 Å². The van der Waals surface area contributed by atoms with Gasteiger partial charge in [0.25, 0.3) is 11.8 Å². The minimum Gasteiger partial charge on any atom is -0.491 e. The second kappa shape index (κ2) is 10.9. The van der Waals surface area contributed by atoms with E-state index in [4.69, 9.17) is 4.74 Å². The van der Waals surface area contributed by atoms with E-state index in [1.807, 2.05) is 64.0 Å². The van der Waals surface area contributed by atoms with Crippen LogP contribution >= 0.6 is 0 Å². The molecule has 2 bridgehead atoms. The van der Waals surface area contributed by atoms with Crippen LogP contribution in [0.4, 0.5) is 0 Å². The van der Waals surface area contributed by atoms with E-state index in [1.165, 1.54) is 0 Å². The molecule has 2 aromatic carbocycles. The highest BCUT2D eigenvalue weighted by Gasteiger charge is 2.41. The number of ether oxygens (including phenoxy) is 1. The lowest BCUT2D eigenvalue weighted by Gasteiger charge is -2.40. The number of aryl methyl sites for hydroxylation is 1. The van der Waals surface area contributed by atoms with Crippen LogP contribution in [0.1, 0.15) is 52.8 Å². The number of nitrogens with zero attached hydrogens (tertiary/aromatic N) is 3. The van der Waals surface area contributed by atoms with Gasteiger partial charge in [-0.05, 0) is 43.9 Å². The number of amides is 3. The minimum absolute atomic E-state index is 0.0351. The smallest absolute Gasteiger partial charge is 0.257 e. The molecule has 0 spiro atoms. The van der Waals surface area contributed by atoms with E-state index in [0.29, 0.717) is 55.9 Å². The number of fused-ring (bicyclic) bond motifs is 10. The highest BCUT2D eigenvalue weighted by molar-refractivity contribution is 6.07. The van der Waals surface area contributed by atoms with Crippen LogP contribution in [0.25, 0.3) is 10.9 Å². The van der Waals surface area contributed by atoms with Gasteiger partial charge in [-0.2, -0.15) is 0 Å². The Kier molecular flexibility index (Phi) is 7.40. The SMILES string of the molecule is CNC(=O)C12CCCCN(C(=O)c3cn(C)c4ccccc34)CCOc3ccccc3C(=O)N(CC1)CC2. The molecule has 3 amide bonds. The molecule has 1 aromatic heterocycles. The Hall–Kier alpha value is -3.81. The van der Waals surface area contributed by atoms with E-state index in [0.717, 1.165) is 30.2 Å². The van der Waals surface area contributed by atoms with Crippen LogP contribution in [-0.2, 0) is 11.8 Å².